The van der Waals surface area contributed by atoms with Crippen molar-refractivity contribution < 1.29 is 17.9 Å². The molecule has 7 heteroatoms. The molecule has 0 saturated heterocycles. The molecule has 0 aliphatic carbocycles. The maximum absolute atomic E-state index is 13.2. The minimum atomic E-state index is -3.71. The molecule has 6 nitrogen and oxygen atoms in total. The van der Waals surface area contributed by atoms with Crippen LogP contribution >= 0.6 is 0 Å². The van der Waals surface area contributed by atoms with Crippen molar-refractivity contribution in [2.75, 3.05) is 40.8 Å². The van der Waals surface area contributed by atoms with Crippen LogP contribution in [0.5, 0.6) is 5.75 Å². The number of ether oxygens (including phenoxy) is 1. The normalized spacial score (nSPS) is 16.2. The number of aryl methyl sites for hydroxylation is 2. The van der Waals surface area contributed by atoms with Crippen molar-refractivity contribution >= 4 is 15.8 Å². The molecular weight excluding hydrogens is 448 g/mol. The molecule has 0 bridgehead atoms. The smallest absolute Gasteiger partial charge is 0.243 e. The molecule has 0 spiro atoms. The number of methoxy groups -OCH3 is 1. The Hall–Kier alpha value is -2.22. The number of nitrogens with zero attached hydrogens (tertiary/aromatic N) is 2. The number of Topliss-reactive ketones (excluding diaryl/α,β-unsaturated/α-hetero) is 1. The third-order valence-corrected chi connectivity index (χ3v) is 8.94. The van der Waals surface area contributed by atoms with Crippen LogP contribution in [0.2, 0.25) is 0 Å². The van der Waals surface area contributed by atoms with Crippen LogP contribution in [0.3, 0.4) is 0 Å². The van der Waals surface area contributed by atoms with Crippen molar-refractivity contribution in [3.05, 3.63) is 58.1 Å². The number of benzene rings is 2. The van der Waals surface area contributed by atoms with Crippen molar-refractivity contribution in [2.24, 2.45) is 0 Å². The molecule has 0 N–H and O–H groups in total. The van der Waals surface area contributed by atoms with Crippen molar-refractivity contribution in [3.8, 4) is 5.75 Å². The van der Waals surface area contributed by atoms with Gasteiger partial charge < -0.3 is 9.64 Å². The number of likely N-dealkylation sites (N-methyl/N-ethyl adjacent to an activating group) is 1. The first kappa shape index (κ1) is 26.4. The van der Waals surface area contributed by atoms with Gasteiger partial charge in [0.05, 0.1) is 12.0 Å². The monoisotopic (exact) mass is 486 g/mol. The van der Waals surface area contributed by atoms with Crippen molar-refractivity contribution in [1.29, 1.82) is 0 Å². The third kappa shape index (κ3) is 5.70. The Bertz CT molecular complexity index is 1150. The second-order valence-electron chi connectivity index (χ2n) is 10.2. The van der Waals surface area contributed by atoms with Gasteiger partial charge in [-0.3, -0.25) is 4.79 Å². The zero-order valence-corrected chi connectivity index (χ0v) is 22.4. The van der Waals surface area contributed by atoms with Crippen LogP contribution in [-0.4, -0.2) is 64.2 Å². The van der Waals surface area contributed by atoms with Gasteiger partial charge >= 0.3 is 0 Å². The second-order valence-corrected chi connectivity index (χ2v) is 12.2. The third-order valence-electron chi connectivity index (χ3n) is 6.78. The number of ketones is 1. The number of hydrogen-bond acceptors (Lipinski definition) is 5. The minimum Gasteiger partial charge on any atom is -0.497 e. The van der Waals surface area contributed by atoms with E-state index in [4.69, 9.17) is 4.74 Å². The first-order valence-corrected chi connectivity index (χ1v) is 13.2. The summed E-state index contributed by atoms with van der Waals surface area (Å²) >= 11 is 0. The Morgan fingerprint density at radius 1 is 1.15 bits per heavy atom. The first-order valence-electron chi connectivity index (χ1n) is 11.8. The summed E-state index contributed by atoms with van der Waals surface area (Å²) in [6.07, 6.45) is 1.50. The summed E-state index contributed by atoms with van der Waals surface area (Å²) in [7, 11) is 1.53. The molecule has 1 heterocycles. The average molecular weight is 487 g/mol. The predicted molar refractivity (Wildman–Crippen MR) is 136 cm³/mol. The number of carbonyl (C=O) groups is 1. The molecule has 1 aliphatic heterocycles. The van der Waals surface area contributed by atoms with E-state index in [0.29, 0.717) is 23.3 Å². The van der Waals surface area contributed by atoms with Gasteiger partial charge in [-0.25, -0.2) is 12.7 Å². The van der Waals surface area contributed by atoms with Crippen molar-refractivity contribution in [1.82, 2.24) is 9.21 Å². The number of hydrogen-bond donors (Lipinski definition) is 0. The highest BCUT2D eigenvalue weighted by molar-refractivity contribution is 7.89. The van der Waals surface area contributed by atoms with Gasteiger partial charge in [-0.15, -0.1) is 0 Å². The molecule has 3 rings (SSSR count). The van der Waals surface area contributed by atoms with Gasteiger partial charge in [-0.05, 0) is 67.3 Å². The van der Waals surface area contributed by atoms with Gasteiger partial charge in [-0.1, -0.05) is 32.0 Å². The van der Waals surface area contributed by atoms with Gasteiger partial charge in [0.2, 0.25) is 10.0 Å². The summed E-state index contributed by atoms with van der Waals surface area (Å²) in [6.45, 7) is 10.2. The van der Waals surface area contributed by atoms with Crippen LogP contribution in [0.25, 0.3) is 0 Å². The zero-order chi connectivity index (χ0) is 25.3. The second kappa shape index (κ2) is 10.2. The SMILES string of the molecule is COc1cc(C)c(S(=O)(=O)N(C)CCC(=O)Cc2ccc3c(c2)C(C)(C)CN(C)CC3)c(C)c1. The van der Waals surface area contributed by atoms with Crippen LogP contribution in [-0.2, 0) is 33.1 Å². The summed E-state index contributed by atoms with van der Waals surface area (Å²) in [5.41, 5.74) is 4.94. The Kier molecular flexibility index (Phi) is 7.90. The number of rotatable bonds is 8. The highest BCUT2D eigenvalue weighted by Gasteiger charge is 2.29. The van der Waals surface area contributed by atoms with E-state index in [1.54, 1.807) is 33.1 Å². The molecule has 0 amide bonds. The lowest BCUT2D eigenvalue weighted by Crippen LogP contribution is -2.33. The average Bonchev–Trinajstić information content (AvgIpc) is 2.86. The lowest BCUT2D eigenvalue weighted by molar-refractivity contribution is -0.118. The lowest BCUT2D eigenvalue weighted by Gasteiger charge is -2.29. The Morgan fingerprint density at radius 2 is 1.79 bits per heavy atom. The molecule has 2 aromatic rings. The summed E-state index contributed by atoms with van der Waals surface area (Å²) in [5, 5.41) is 0. The fraction of sp³-hybridized carbons (Fsp3) is 0.519. The number of carbonyl (C=O) groups excluding carboxylic acids is 1. The molecule has 0 aromatic heterocycles. The zero-order valence-electron chi connectivity index (χ0n) is 21.6. The van der Waals surface area contributed by atoms with E-state index in [2.05, 4.69) is 37.9 Å². The summed E-state index contributed by atoms with van der Waals surface area (Å²) in [5.74, 6) is 0.663. The van der Waals surface area contributed by atoms with E-state index >= 15 is 0 Å². The predicted octanol–water partition coefficient (Wildman–Crippen LogP) is 3.90. The Balaban J connectivity index is 1.69. The molecule has 186 valence electrons. The molecule has 0 saturated carbocycles. The Labute approximate surface area is 205 Å². The Morgan fingerprint density at radius 3 is 2.41 bits per heavy atom. The largest absolute Gasteiger partial charge is 0.497 e. The number of fused-ring (bicyclic) bond motifs is 1. The van der Waals surface area contributed by atoms with Crippen LogP contribution in [0.4, 0.5) is 0 Å². The molecule has 34 heavy (non-hydrogen) atoms. The van der Waals surface area contributed by atoms with Gasteiger partial charge in [0.1, 0.15) is 11.5 Å². The van der Waals surface area contributed by atoms with Gasteiger partial charge in [0, 0.05) is 44.9 Å². The minimum absolute atomic E-state index is 0.0159. The highest BCUT2D eigenvalue weighted by atomic mass is 32.2. The van der Waals surface area contributed by atoms with E-state index in [1.807, 2.05) is 6.07 Å². The van der Waals surface area contributed by atoms with E-state index in [9.17, 15) is 13.2 Å². The maximum Gasteiger partial charge on any atom is 0.243 e. The van der Waals surface area contributed by atoms with Crippen molar-refractivity contribution in [2.45, 2.75) is 57.3 Å². The standard InChI is InChI=1S/C27H38N2O4S/c1-19-14-24(33-7)15-20(2)26(19)34(31,32)29(6)13-11-23(30)16-21-8-9-22-10-12-28(5)18-27(3,4)25(22)17-21/h8-9,14-15,17H,10-13,16,18H2,1-7H3. The summed E-state index contributed by atoms with van der Waals surface area (Å²) in [4.78, 5) is 15.4. The topological polar surface area (TPSA) is 66.9 Å². The fourth-order valence-electron chi connectivity index (χ4n) is 5.04. The molecule has 0 radical (unpaired) electrons. The molecule has 2 aromatic carbocycles. The van der Waals surface area contributed by atoms with Crippen LogP contribution < -0.4 is 4.74 Å². The van der Waals surface area contributed by atoms with E-state index in [1.165, 1.54) is 22.5 Å². The van der Waals surface area contributed by atoms with Gasteiger partial charge in [0.15, 0.2) is 0 Å². The van der Waals surface area contributed by atoms with Crippen molar-refractivity contribution in [3.63, 3.8) is 0 Å². The fourth-order valence-corrected chi connectivity index (χ4v) is 6.62. The summed E-state index contributed by atoms with van der Waals surface area (Å²) < 4.78 is 32.9. The molecule has 0 atom stereocenters. The molecule has 1 aliphatic rings. The highest BCUT2D eigenvalue weighted by Crippen LogP contribution is 2.32. The molecular formula is C27H38N2O4S. The quantitative estimate of drug-likeness (QED) is 0.566. The lowest BCUT2D eigenvalue weighted by atomic mass is 9.80. The van der Waals surface area contributed by atoms with E-state index in [-0.39, 0.29) is 29.1 Å². The van der Waals surface area contributed by atoms with Crippen LogP contribution in [0.15, 0.2) is 35.2 Å². The molecule has 0 fully saturated rings. The number of sulfonamides is 1. The first-order chi connectivity index (χ1) is 15.8. The van der Waals surface area contributed by atoms with Gasteiger partial charge in [0.25, 0.3) is 0 Å². The maximum atomic E-state index is 13.2. The van der Waals surface area contributed by atoms with Gasteiger partial charge in [-0.2, -0.15) is 0 Å². The van der Waals surface area contributed by atoms with E-state index in [0.717, 1.165) is 25.1 Å². The van der Waals surface area contributed by atoms with Crippen LogP contribution in [0.1, 0.15) is 48.1 Å². The molecule has 0 unspecified atom stereocenters. The van der Waals surface area contributed by atoms with E-state index < -0.39 is 10.0 Å². The summed E-state index contributed by atoms with van der Waals surface area (Å²) in [6, 6.07) is 9.82. The van der Waals surface area contributed by atoms with Crippen LogP contribution in [0, 0.1) is 13.8 Å².